The zero-order chi connectivity index (χ0) is 11.4. The molecule has 2 rings (SSSR count). The molecule has 0 fully saturated rings. The molecule has 0 saturated carbocycles. The second kappa shape index (κ2) is 4.79. The highest BCUT2D eigenvalue weighted by Gasteiger charge is 2.07. The summed E-state index contributed by atoms with van der Waals surface area (Å²) in [6, 6.07) is 5.24. The van der Waals surface area contributed by atoms with E-state index < -0.39 is 0 Å². The minimum absolute atomic E-state index is 0.0571. The summed E-state index contributed by atoms with van der Waals surface area (Å²) < 4.78 is 5.11. The molecule has 1 aromatic heterocycles. The van der Waals surface area contributed by atoms with Crippen LogP contribution in [0.5, 0.6) is 0 Å². The fourth-order valence-corrected chi connectivity index (χ4v) is 1.48. The molecular formula is C12H14N2O2. The van der Waals surface area contributed by atoms with E-state index in [0.29, 0.717) is 23.2 Å². The molecule has 0 aliphatic rings. The first-order valence-electron chi connectivity index (χ1n) is 5.42. The lowest BCUT2D eigenvalue weighted by Crippen LogP contribution is -2.24. The van der Waals surface area contributed by atoms with Crippen molar-refractivity contribution in [2.24, 2.45) is 0 Å². The molecule has 0 aliphatic carbocycles. The number of fused-ring (bicyclic) bond motifs is 1. The quantitative estimate of drug-likeness (QED) is 0.801. The van der Waals surface area contributed by atoms with Crippen LogP contribution in [0, 0.1) is 0 Å². The third-order valence-corrected chi connectivity index (χ3v) is 2.41. The van der Waals surface area contributed by atoms with Gasteiger partial charge in [0.1, 0.15) is 5.52 Å². The van der Waals surface area contributed by atoms with Gasteiger partial charge in [-0.25, -0.2) is 4.98 Å². The fourth-order valence-electron chi connectivity index (χ4n) is 1.48. The Morgan fingerprint density at radius 3 is 3.19 bits per heavy atom. The Bertz CT molecular complexity index is 490. The molecule has 16 heavy (non-hydrogen) atoms. The SMILES string of the molecule is CCCCNC(=O)c1ccc2ocnc2c1. The van der Waals surface area contributed by atoms with E-state index in [4.69, 9.17) is 4.42 Å². The summed E-state index contributed by atoms with van der Waals surface area (Å²) in [7, 11) is 0. The highest BCUT2D eigenvalue weighted by Crippen LogP contribution is 2.13. The van der Waals surface area contributed by atoms with Crippen LogP contribution in [0.3, 0.4) is 0 Å². The van der Waals surface area contributed by atoms with Gasteiger partial charge in [-0.15, -0.1) is 0 Å². The largest absolute Gasteiger partial charge is 0.443 e. The molecule has 1 amide bonds. The third kappa shape index (κ3) is 2.21. The molecule has 0 spiro atoms. The number of unbranched alkanes of at least 4 members (excludes halogenated alkanes) is 1. The summed E-state index contributed by atoms with van der Waals surface area (Å²) in [5, 5.41) is 2.86. The molecule has 0 saturated heterocycles. The second-order valence-corrected chi connectivity index (χ2v) is 3.64. The van der Waals surface area contributed by atoms with Crippen LogP contribution in [0.1, 0.15) is 30.1 Å². The number of nitrogens with zero attached hydrogens (tertiary/aromatic N) is 1. The van der Waals surface area contributed by atoms with Crippen LogP contribution >= 0.6 is 0 Å². The zero-order valence-corrected chi connectivity index (χ0v) is 9.19. The number of rotatable bonds is 4. The van der Waals surface area contributed by atoms with Crippen molar-refractivity contribution in [1.29, 1.82) is 0 Å². The Labute approximate surface area is 93.7 Å². The normalized spacial score (nSPS) is 10.6. The number of nitrogens with one attached hydrogen (secondary N) is 1. The van der Waals surface area contributed by atoms with Crippen molar-refractivity contribution < 1.29 is 9.21 Å². The molecule has 1 aromatic carbocycles. The van der Waals surface area contributed by atoms with Crippen LogP contribution in [0.15, 0.2) is 29.0 Å². The van der Waals surface area contributed by atoms with Gasteiger partial charge in [0, 0.05) is 12.1 Å². The van der Waals surface area contributed by atoms with Crippen molar-refractivity contribution in [2.45, 2.75) is 19.8 Å². The highest BCUT2D eigenvalue weighted by molar-refractivity contribution is 5.96. The van der Waals surface area contributed by atoms with Crippen molar-refractivity contribution in [3.8, 4) is 0 Å². The van der Waals surface area contributed by atoms with Crippen LogP contribution in [0.25, 0.3) is 11.1 Å². The Balaban J connectivity index is 2.10. The molecule has 84 valence electrons. The maximum atomic E-state index is 11.7. The van der Waals surface area contributed by atoms with E-state index in [1.54, 1.807) is 18.2 Å². The molecule has 0 unspecified atom stereocenters. The van der Waals surface area contributed by atoms with Crippen LogP contribution in [-0.2, 0) is 0 Å². The summed E-state index contributed by atoms with van der Waals surface area (Å²) in [5.41, 5.74) is 2.03. The van der Waals surface area contributed by atoms with E-state index in [1.165, 1.54) is 6.39 Å². The Kier molecular flexibility index (Phi) is 3.19. The Morgan fingerprint density at radius 2 is 2.38 bits per heavy atom. The van der Waals surface area contributed by atoms with E-state index in [1.807, 2.05) is 0 Å². The van der Waals surface area contributed by atoms with Gasteiger partial charge in [-0.2, -0.15) is 0 Å². The second-order valence-electron chi connectivity index (χ2n) is 3.64. The molecule has 1 N–H and O–H groups in total. The first kappa shape index (κ1) is 10.7. The van der Waals surface area contributed by atoms with Crippen molar-refractivity contribution >= 4 is 17.0 Å². The van der Waals surface area contributed by atoms with Gasteiger partial charge in [0.15, 0.2) is 12.0 Å². The number of carbonyl (C=O) groups is 1. The van der Waals surface area contributed by atoms with Crippen LogP contribution in [-0.4, -0.2) is 17.4 Å². The van der Waals surface area contributed by atoms with E-state index in [9.17, 15) is 4.79 Å². The minimum Gasteiger partial charge on any atom is -0.443 e. The molecule has 0 radical (unpaired) electrons. The molecule has 4 nitrogen and oxygen atoms in total. The van der Waals surface area contributed by atoms with Crippen molar-refractivity contribution in [3.63, 3.8) is 0 Å². The minimum atomic E-state index is -0.0571. The van der Waals surface area contributed by atoms with Crippen LogP contribution in [0.2, 0.25) is 0 Å². The molecule has 0 atom stereocenters. The van der Waals surface area contributed by atoms with E-state index >= 15 is 0 Å². The number of oxazole rings is 1. The van der Waals surface area contributed by atoms with E-state index in [2.05, 4.69) is 17.2 Å². The van der Waals surface area contributed by atoms with Gasteiger partial charge in [0.25, 0.3) is 5.91 Å². The third-order valence-electron chi connectivity index (χ3n) is 2.41. The number of benzene rings is 1. The topological polar surface area (TPSA) is 55.1 Å². The van der Waals surface area contributed by atoms with Crippen molar-refractivity contribution in [3.05, 3.63) is 30.2 Å². The summed E-state index contributed by atoms with van der Waals surface area (Å²) in [4.78, 5) is 15.7. The van der Waals surface area contributed by atoms with Gasteiger partial charge >= 0.3 is 0 Å². The summed E-state index contributed by atoms with van der Waals surface area (Å²) in [6.07, 6.45) is 3.45. The Hall–Kier alpha value is -1.84. The first-order valence-corrected chi connectivity index (χ1v) is 5.42. The van der Waals surface area contributed by atoms with Gasteiger partial charge < -0.3 is 9.73 Å². The molecule has 0 bridgehead atoms. The number of amides is 1. The smallest absolute Gasteiger partial charge is 0.251 e. The van der Waals surface area contributed by atoms with E-state index in [0.717, 1.165) is 12.8 Å². The van der Waals surface area contributed by atoms with Gasteiger partial charge in [-0.05, 0) is 24.6 Å². The number of carbonyl (C=O) groups excluding carboxylic acids is 1. The summed E-state index contributed by atoms with van der Waals surface area (Å²) in [6.45, 7) is 2.81. The molecular weight excluding hydrogens is 204 g/mol. The Morgan fingerprint density at radius 1 is 1.50 bits per heavy atom. The lowest BCUT2D eigenvalue weighted by atomic mass is 10.2. The number of hydrogen-bond donors (Lipinski definition) is 1. The maximum absolute atomic E-state index is 11.7. The predicted molar refractivity (Wildman–Crippen MR) is 61.3 cm³/mol. The standard InChI is InChI=1S/C12H14N2O2/c1-2-3-6-13-12(15)9-4-5-11-10(7-9)14-8-16-11/h4-5,7-8H,2-3,6H2,1H3,(H,13,15). The van der Waals surface area contributed by atoms with Gasteiger partial charge in [-0.1, -0.05) is 13.3 Å². The fraction of sp³-hybridized carbons (Fsp3) is 0.333. The average Bonchev–Trinajstić information content (AvgIpc) is 2.76. The first-order chi connectivity index (χ1) is 7.81. The lowest BCUT2D eigenvalue weighted by molar-refractivity contribution is 0.0953. The van der Waals surface area contributed by atoms with Gasteiger partial charge in [0.05, 0.1) is 0 Å². The maximum Gasteiger partial charge on any atom is 0.251 e. The van der Waals surface area contributed by atoms with Crippen LogP contribution in [0.4, 0.5) is 0 Å². The van der Waals surface area contributed by atoms with Crippen molar-refractivity contribution in [2.75, 3.05) is 6.54 Å². The van der Waals surface area contributed by atoms with E-state index in [-0.39, 0.29) is 5.91 Å². The van der Waals surface area contributed by atoms with Gasteiger partial charge in [-0.3, -0.25) is 4.79 Å². The highest BCUT2D eigenvalue weighted by atomic mass is 16.3. The molecule has 2 aromatic rings. The predicted octanol–water partition coefficient (Wildman–Crippen LogP) is 2.36. The van der Waals surface area contributed by atoms with Crippen LogP contribution < -0.4 is 5.32 Å². The molecule has 4 heteroatoms. The number of hydrogen-bond acceptors (Lipinski definition) is 3. The average molecular weight is 218 g/mol. The van der Waals surface area contributed by atoms with Gasteiger partial charge in [0.2, 0.25) is 0 Å². The summed E-state index contributed by atoms with van der Waals surface area (Å²) >= 11 is 0. The summed E-state index contributed by atoms with van der Waals surface area (Å²) in [5.74, 6) is -0.0571. The monoisotopic (exact) mass is 218 g/mol. The number of aromatic nitrogens is 1. The molecule has 1 heterocycles. The molecule has 0 aliphatic heterocycles. The van der Waals surface area contributed by atoms with Crippen molar-refractivity contribution in [1.82, 2.24) is 10.3 Å². The lowest BCUT2D eigenvalue weighted by Gasteiger charge is -2.03. The zero-order valence-electron chi connectivity index (χ0n) is 9.19.